The Labute approximate surface area is 262 Å². The van der Waals surface area contributed by atoms with E-state index in [0.29, 0.717) is 39.4 Å². The molecular formula is C30H34Cl3N3O5S. The molecule has 3 aromatic carbocycles. The average molecular weight is 655 g/mol. The number of nitrogens with zero attached hydrogens (tertiary/aromatic N) is 2. The van der Waals surface area contributed by atoms with Crippen molar-refractivity contribution in [3.05, 3.63) is 87.4 Å². The minimum Gasteiger partial charge on any atom is -0.494 e. The molecule has 0 bridgehead atoms. The molecule has 2 atom stereocenters. The standard InChI is InChI=1S/C30H34Cl3N3O5S/c1-5-20(3)34-30(38)21(4)35(18-22-7-8-24(32)17-28(22)33)29(37)19-36(25-11-13-26(14-12-25)41-6-2)42(39,40)27-15-9-23(31)10-16-27/h7-17,20-21H,5-6,18-19H2,1-4H3,(H,34,38)/t20-,21+/m0/s1. The van der Waals surface area contributed by atoms with E-state index in [0.717, 1.165) is 4.31 Å². The number of hydrogen-bond donors (Lipinski definition) is 1. The van der Waals surface area contributed by atoms with Gasteiger partial charge in [0.1, 0.15) is 18.3 Å². The van der Waals surface area contributed by atoms with Crippen molar-refractivity contribution in [1.29, 1.82) is 0 Å². The smallest absolute Gasteiger partial charge is 0.264 e. The lowest BCUT2D eigenvalue weighted by molar-refractivity contribution is -0.139. The second kappa shape index (κ2) is 15.0. The van der Waals surface area contributed by atoms with Gasteiger partial charge >= 0.3 is 0 Å². The number of hydrogen-bond acceptors (Lipinski definition) is 5. The van der Waals surface area contributed by atoms with Crippen LogP contribution >= 0.6 is 34.8 Å². The first-order valence-electron chi connectivity index (χ1n) is 13.4. The number of ether oxygens (including phenoxy) is 1. The average Bonchev–Trinajstić information content (AvgIpc) is 2.95. The van der Waals surface area contributed by atoms with Gasteiger partial charge in [0.2, 0.25) is 11.8 Å². The molecule has 0 radical (unpaired) electrons. The van der Waals surface area contributed by atoms with Gasteiger partial charge in [-0.2, -0.15) is 0 Å². The molecule has 12 heteroatoms. The molecule has 0 saturated heterocycles. The normalized spacial score (nSPS) is 12.7. The van der Waals surface area contributed by atoms with E-state index in [1.54, 1.807) is 49.4 Å². The second-order valence-electron chi connectivity index (χ2n) is 9.64. The highest BCUT2D eigenvalue weighted by Crippen LogP contribution is 2.28. The topological polar surface area (TPSA) is 96.0 Å². The number of carbonyl (C=O) groups excluding carboxylic acids is 2. The van der Waals surface area contributed by atoms with Crippen LogP contribution in [0.2, 0.25) is 15.1 Å². The molecule has 3 aromatic rings. The van der Waals surface area contributed by atoms with Crippen LogP contribution in [0.4, 0.5) is 5.69 Å². The third-order valence-electron chi connectivity index (χ3n) is 6.64. The van der Waals surface area contributed by atoms with E-state index in [9.17, 15) is 18.0 Å². The fourth-order valence-corrected chi connectivity index (χ4v) is 6.03. The van der Waals surface area contributed by atoms with E-state index in [1.807, 2.05) is 20.8 Å². The quantitative estimate of drug-likeness (QED) is 0.225. The predicted octanol–water partition coefficient (Wildman–Crippen LogP) is 6.57. The Morgan fingerprint density at radius 1 is 0.905 bits per heavy atom. The predicted molar refractivity (Wildman–Crippen MR) is 168 cm³/mol. The zero-order valence-corrected chi connectivity index (χ0v) is 26.9. The van der Waals surface area contributed by atoms with Gasteiger partial charge in [0, 0.05) is 27.7 Å². The molecule has 0 aliphatic rings. The second-order valence-corrected chi connectivity index (χ2v) is 12.8. The molecule has 0 heterocycles. The van der Waals surface area contributed by atoms with Crippen molar-refractivity contribution in [1.82, 2.24) is 10.2 Å². The summed E-state index contributed by atoms with van der Waals surface area (Å²) in [5, 5.41) is 3.99. The molecule has 3 rings (SSSR count). The largest absolute Gasteiger partial charge is 0.494 e. The number of nitrogens with one attached hydrogen (secondary N) is 1. The molecule has 1 N–H and O–H groups in total. The highest BCUT2D eigenvalue weighted by atomic mass is 35.5. The maximum Gasteiger partial charge on any atom is 0.264 e. The summed E-state index contributed by atoms with van der Waals surface area (Å²) in [5.41, 5.74) is 0.786. The maximum absolute atomic E-state index is 14.0. The zero-order valence-electron chi connectivity index (χ0n) is 23.8. The van der Waals surface area contributed by atoms with Crippen molar-refractivity contribution in [2.45, 2.75) is 57.6 Å². The summed E-state index contributed by atoms with van der Waals surface area (Å²) >= 11 is 18.5. The van der Waals surface area contributed by atoms with E-state index in [2.05, 4.69) is 5.32 Å². The number of anilines is 1. The number of amides is 2. The van der Waals surface area contributed by atoms with E-state index < -0.39 is 28.5 Å². The molecular weight excluding hydrogens is 621 g/mol. The van der Waals surface area contributed by atoms with Gasteiger partial charge in [0.25, 0.3) is 10.0 Å². The number of halogens is 3. The van der Waals surface area contributed by atoms with Crippen LogP contribution in [0.15, 0.2) is 71.6 Å². The highest BCUT2D eigenvalue weighted by molar-refractivity contribution is 7.92. The summed E-state index contributed by atoms with van der Waals surface area (Å²) in [7, 11) is -4.24. The lowest BCUT2D eigenvalue weighted by Gasteiger charge is -2.32. The first kappa shape index (κ1) is 33.5. The minimum absolute atomic E-state index is 0.0524. The van der Waals surface area contributed by atoms with Gasteiger partial charge in [0.05, 0.1) is 17.2 Å². The van der Waals surface area contributed by atoms with Crippen LogP contribution in [0, 0.1) is 0 Å². The number of sulfonamides is 1. The molecule has 0 aliphatic carbocycles. The monoisotopic (exact) mass is 653 g/mol. The highest BCUT2D eigenvalue weighted by Gasteiger charge is 2.33. The summed E-state index contributed by atoms with van der Waals surface area (Å²) in [6, 6.07) is 15.8. The van der Waals surface area contributed by atoms with Crippen molar-refractivity contribution in [3.63, 3.8) is 0 Å². The Morgan fingerprint density at radius 3 is 2.10 bits per heavy atom. The first-order valence-corrected chi connectivity index (χ1v) is 16.0. The molecule has 0 spiro atoms. The number of rotatable bonds is 13. The van der Waals surface area contributed by atoms with Gasteiger partial charge in [-0.05, 0) is 93.4 Å². The fraction of sp³-hybridized carbons (Fsp3) is 0.333. The number of benzene rings is 3. The molecule has 0 aromatic heterocycles. The van der Waals surface area contributed by atoms with Crippen molar-refractivity contribution in [2.75, 3.05) is 17.5 Å². The fourth-order valence-electron chi connectivity index (χ4n) is 4.02. The Hall–Kier alpha value is -2.98. The molecule has 0 aliphatic heterocycles. The molecule has 0 fully saturated rings. The van der Waals surface area contributed by atoms with Gasteiger partial charge in [0.15, 0.2) is 0 Å². The van der Waals surface area contributed by atoms with Crippen LogP contribution in [0.3, 0.4) is 0 Å². The summed E-state index contributed by atoms with van der Waals surface area (Å²) in [6.07, 6.45) is 0.695. The van der Waals surface area contributed by atoms with Gasteiger partial charge < -0.3 is 15.0 Å². The lowest BCUT2D eigenvalue weighted by Crippen LogP contribution is -2.52. The van der Waals surface area contributed by atoms with Crippen LogP contribution in [0.5, 0.6) is 5.75 Å². The summed E-state index contributed by atoms with van der Waals surface area (Å²) in [6.45, 7) is 7.01. The Balaban J connectivity index is 2.05. The van der Waals surface area contributed by atoms with Crippen LogP contribution in [0.1, 0.15) is 39.7 Å². The summed E-state index contributed by atoms with van der Waals surface area (Å²) in [4.78, 5) is 28.5. The molecule has 42 heavy (non-hydrogen) atoms. The van der Waals surface area contributed by atoms with Crippen molar-refractivity contribution >= 4 is 62.3 Å². The van der Waals surface area contributed by atoms with Gasteiger partial charge in [-0.15, -0.1) is 0 Å². The van der Waals surface area contributed by atoms with Crippen LogP contribution in [0.25, 0.3) is 0 Å². The van der Waals surface area contributed by atoms with Gasteiger partial charge in [-0.25, -0.2) is 8.42 Å². The molecule has 0 saturated carbocycles. The van der Waals surface area contributed by atoms with E-state index in [4.69, 9.17) is 39.5 Å². The number of carbonyl (C=O) groups is 2. The van der Waals surface area contributed by atoms with Crippen LogP contribution in [-0.4, -0.2) is 50.4 Å². The molecule has 226 valence electrons. The molecule has 2 amide bonds. The van der Waals surface area contributed by atoms with E-state index >= 15 is 0 Å². The van der Waals surface area contributed by atoms with Crippen LogP contribution < -0.4 is 14.4 Å². The van der Waals surface area contributed by atoms with Crippen LogP contribution in [-0.2, 0) is 26.2 Å². The van der Waals surface area contributed by atoms with Crippen molar-refractivity contribution in [3.8, 4) is 5.75 Å². The third kappa shape index (κ3) is 8.53. The van der Waals surface area contributed by atoms with E-state index in [1.165, 1.54) is 29.2 Å². The summed E-state index contributed by atoms with van der Waals surface area (Å²) in [5.74, 6) is -0.444. The molecule has 0 unspecified atom stereocenters. The maximum atomic E-state index is 14.0. The van der Waals surface area contributed by atoms with Gasteiger partial charge in [-0.1, -0.05) is 47.8 Å². The van der Waals surface area contributed by atoms with E-state index in [-0.39, 0.29) is 29.1 Å². The molecule has 8 nitrogen and oxygen atoms in total. The summed E-state index contributed by atoms with van der Waals surface area (Å²) < 4.78 is 34.3. The SMILES string of the molecule is CCOc1ccc(N(CC(=O)N(Cc2ccc(Cl)cc2Cl)[C@H](C)C(=O)N[C@@H](C)CC)S(=O)(=O)c2ccc(Cl)cc2)cc1. The van der Waals surface area contributed by atoms with Crippen molar-refractivity contribution in [2.24, 2.45) is 0 Å². The van der Waals surface area contributed by atoms with Gasteiger partial charge in [-0.3, -0.25) is 13.9 Å². The Bertz CT molecular complexity index is 1490. The zero-order chi connectivity index (χ0) is 31.0. The lowest BCUT2D eigenvalue weighted by atomic mass is 10.1. The Morgan fingerprint density at radius 2 is 1.52 bits per heavy atom. The third-order valence-corrected chi connectivity index (χ3v) is 9.27. The Kier molecular flexibility index (Phi) is 11.9. The first-order chi connectivity index (χ1) is 19.9. The van der Waals surface area contributed by atoms with Crippen molar-refractivity contribution < 1.29 is 22.7 Å². The minimum atomic E-state index is -4.24.